The summed E-state index contributed by atoms with van der Waals surface area (Å²) in [4.78, 5) is 0. The first kappa shape index (κ1) is 11.1. The number of hydrogen-bond donors (Lipinski definition) is 0. The molecule has 0 bridgehead atoms. The first-order valence-electron chi connectivity index (χ1n) is 6.29. The van der Waals surface area contributed by atoms with Crippen molar-refractivity contribution in [3.05, 3.63) is 0 Å². The first-order valence-corrected chi connectivity index (χ1v) is 6.29. The molecular weight excluding hydrogens is 156 g/mol. The summed E-state index contributed by atoms with van der Waals surface area (Å²) >= 11 is 0. The molecule has 0 N–H and O–H groups in total. The van der Waals surface area contributed by atoms with Crippen molar-refractivity contribution >= 4 is 0 Å². The van der Waals surface area contributed by atoms with E-state index in [1.165, 1.54) is 51.4 Å². The molecule has 0 radical (unpaired) electrons. The summed E-state index contributed by atoms with van der Waals surface area (Å²) in [5, 5.41) is 0. The van der Waals surface area contributed by atoms with Gasteiger partial charge in [0.2, 0.25) is 0 Å². The van der Waals surface area contributed by atoms with Crippen LogP contribution in [0.3, 0.4) is 0 Å². The van der Waals surface area contributed by atoms with E-state index in [0.29, 0.717) is 0 Å². The lowest BCUT2D eigenvalue weighted by atomic mass is 9.70. The van der Waals surface area contributed by atoms with Crippen LogP contribution in [0, 0.1) is 11.3 Å². The molecule has 0 saturated heterocycles. The molecule has 0 unspecified atom stereocenters. The maximum atomic E-state index is 2.38. The highest BCUT2D eigenvalue weighted by atomic mass is 14.4. The highest BCUT2D eigenvalue weighted by Gasteiger charge is 2.39. The normalized spacial score (nSPS) is 26.5. The van der Waals surface area contributed by atoms with Crippen LogP contribution in [0.1, 0.15) is 72.1 Å². The van der Waals surface area contributed by atoms with Gasteiger partial charge in [0, 0.05) is 0 Å². The van der Waals surface area contributed by atoms with Crippen molar-refractivity contribution in [2.24, 2.45) is 11.3 Å². The molecule has 0 amide bonds. The van der Waals surface area contributed by atoms with E-state index in [0.717, 1.165) is 11.3 Å². The van der Waals surface area contributed by atoms with Gasteiger partial charge in [-0.1, -0.05) is 46.5 Å². The zero-order valence-corrected chi connectivity index (χ0v) is 9.73. The summed E-state index contributed by atoms with van der Waals surface area (Å²) in [7, 11) is 0. The molecule has 0 aromatic heterocycles. The second-order valence-corrected chi connectivity index (χ2v) is 4.86. The highest BCUT2D eigenvalue weighted by molar-refractivity contribution is 4.90. The molecule has 1 fully saturated rings. The highest BCUT2D eigenvalue weighted by Crippen LogP contribution is 2.51. The van der Waals surface area contributed by atoms with Gasteiger partial charge in [0.25, 0.3) is 0 Å². The van der Waals surface area contributed by atoms with Crippen molar-refractivity contribution in [1.29, 1.82) is 0 Å². The minimum Gasteiger partial charge on any atom is -0.0654 e. The number of hydrogen-bond acceptors (Lipinski definition) is 0. The number of rotatable bonds is 5. The lowest BCUT2D eigenvalue weighted by molar-refractivity contribution is 0.156. The van der Waals surface area contributed by atoms with Crippen LogP contribution < -0.4 is 0 Å². The maximum absolute atomic E-state index is 2.38. The fourth-order valence-electron chi connectivity index (χ4n) is 3.63. The molecule has 0 nitrogen and oxygen atoms in total. The van der Waals surface area contributed by atoms with Gasteiger partial charge in [-0.3, -0.25) is 0 Å². The average Bonchev–Trinajstić information content (AvgIpc) is 2.49. The third-order valence-corrected chi connectivity index (χ3v) is 4.08. The van der Waals surface area contributed by atoms with E-state index in [2.05, 4.69) is 20.8 Å². The zero-order valence-electron chi connectivity index (χ0n) is 9.73. The van der Waals surface area contributed by atoms with E-state index in [4.69, 9.17) is 0 Å². The second kappa shape index (κ2) is 5.02. The summed E-state index contributed by atoms with van der Waals surface area (Å²) < 4.78 is 0. The van der Waals surface area contributed by atoms with Crippen molar-refractivity contribution in [3.8, 4) is 0 Å². The molecule has 0 heteroatoms. The Morgan fingerprint density at radius 1 is 1.08 bits per heavy atom. The molecule has 1 aliphatic rings. The van der Waals surface area contributed by atoms with Crippen LogP contribution in [0.4, 0.5) is 0 Å². The quantitative estimate of drug-likeness (QED) is 0.574. The van der Waals surface area contributed by atoms with E-state index in [-0.39, 0.29) is 0 Å². The summed E-state index contributed by atoms with van der Waals surface area (Å²) in [6.45, 7) is 7.08. The van der Waals surface area contributed by atoms with Gasteiger partial charge < -0.3 is 0 Å². The SMILES string of the molecule is CCCC1(CCC)CCC[C@H]1CC. The van der Waals surface area contributed by atoms with Crippen LogP contribution in [0.2, 0.25) is 0 Å². The zero-order chi connectivity index (χ0) is 9.73. The Labute approximate surface area is 84.1 Å². The first-order chi connectivity index (χ1) is 6.29. The van der Waals surface area contributed by atoms with Crippen molar-refractivity contribution in [2.75, 3.05) is 0 Å². The smallest absolute Gasteiger partial charge is 0.0269 e. The molecule has 1 rings (SSSR count). The van der Waals surface area contributed by atoms with Crippen molar-refractivity contribution in [2.45, 2.75) is 72.1 Å². The summed E-state index contributed by atoms with van der Waals surface area (Å²) in [6.07, 6.45) is 11.7. The van der Waals surface area contributed by atoms with E-state index < -0.39 is 0 Å². The van der Waals surface area contributed by atoms with Gasteiger partial charge >= 0.3 is 0 Å². The fourth-order valence-corrected chi connectivity index (χ4v) is 3.63. The van der Waals surface area contributed by atoms with Crippen LogP contribution in [0.5, 0.6) is 0 Å². The van der Waals surface area contributed by atoms with E-state index in [9.17, 15) is 0 Å². The molecule has 78 valence electrons. The maximum Gasteiger partial charge on any atom is -0.0269 e. The van der Waals surface area contributed by atoms with Crippen LogP contribution in [0.25, 0.3) is 0 Å². The van der Waals surface area contributed by atoms with Gasteiger partial charge in [-0.25, -0.2) is 0 Å². The summed E-state index contributed by atoms with van der Waals surface area (Å²) in [5.74, 6) is 1.05. The molecule has 1 atom stereocenters. The van der Waals surface area contributed by atoms with E-state index in [1.807, 2.05) is 0 Å². The Morgan fingerprint density at radius 3 is 2.15 bits per heavy atom. The minimum absolute atomic E-state index is 0.762. The van der Waals surface area contributed by atoms with Crippen LogP contribution in [0.15, 0.2) is 0 Å². The van der Waals surface area contributed by atoms with Crippen molar-refractivity contribution in [1.82, 2.24) is 0 Å². The largest absolute Gasteiger partial charge is 0.0654 e. The van der Waals surface area contributed by atoms with Gasteiger partial charge in [-0.15, -0.1) is 0 Å². The van der Waals surface area contributed by atoms with Crippen LogP contribution in [-0.4, -0.2) is 0 Å². The molecular formula is C13H26. The Kier molecular flexibility index (Phi) is 4.28. The monoisotopic (exact) mass is 182 g/mol. The summed E-state index contributed by atoms with van der Waals surface area (Å²) in [6, 6.07) is 0. The minimum atomic E-state index is 0.762. The molecule has 0 aliphatic heterocycles. The average molecular weight is 182 g/mol. The molecule has 0 aromatic rings. The van der Waals surface area contributed by atoms with Gasteiger partial charge in [0.15, 0.2) is 0 Å². The molecule has 0 spiro atoms. The third-order valence-electron chi connectivity index (χ3n) is 4.08. The van der Waals surface area contributed by atoms with Crippen LogP contribution >= 0.6 is 0 Å². The topological polar surface area (TPSA) is 0 Å². The van der Waals surface area contributed by atoms with Gasteiger partial charge in [0.05, 0.1) is 0 Å². The Balaban J connectivity index is 2.62. The Morgan fingerprint density at radius 2 is 1.69 bits per heavy atom. The van der Waals surface area contributed by atoms with E-state index in [1.54, 1.807) is 0 Å². The summed E-state index contributed by atoms with van der Waals surface area (Å²) in [5.41, 5.74) is 0.762. The van der Waals surface area contributed by atoms with Crippen LogP contribution in [-0.2, 0) is 0 Å². The predicted octanol–water partition coefficient (Wildman–Crippen LogP) is 4.78. The van der Waals surface area contributed by atoms with Gasteiger partial charge in [0.1, 0.15) is 0 Å². The lowest BCUT2D eigenvalue weighted by Gasteiger charge is -2.35. The lowest BCUT2D eigenvalue weighted by Crippen LogP contribution is -2.24. The molecule has 13 heavy (non-hydrogen) atoms. The fraction of sp³-hybridized carbons (Fsp3) is 1.00. The third kappa shape index (κ3) is 2.27. The predicted molar refractivity (Wildman–Crippen MR) is 59.9 cm³/mol. The van der Waals surface area contributed by atoms with Crippen molar-refractivity contribution < 1.29 is 0 Å². The Bertz CT molecular complexity index is 131. The van der Waals surface area contributed by atoms with E-state index >= 15 is 0 Å². The molecule has 1 saturated carbocycles. The second-order valence-electron chi connectivity index (χ2n) is 4.86. The molecule has 0 heterocycles. The molecule has 1 aliphatic carbocycles. The van der Waals surface area contributed by atoms with Gasteiger partial charge in [-0.05, 0) is 37.0 Å². The Hall–Kier alpha value is 0. The molecule has 0 aromatic carbocycles. The van der Waals surface area contributed by atoms with Crippen molar-refractivity contribution in [3.63, 3.8) is 0 Å². The van der Waals surface area contributed by atoms with Gasteiger partial charge in [-0.2, -0.15) is 0 Å². The standard InChI is InChI=1S/C13H26/c1-4-9-13(10-5-2)11-7-8-12(13)6-3/h12H,4-11H2,1-3H3/t12-/m1/s1.